The lowest BCUT2D eigenvalue weighted by Gasteiger charge is -2.39. The minimum absolute atomic E-state index is 0.177. The lowest BCUT2D eigenvalue weighted by molar-refractivity contribution is 0.0507. The summed E-state index contributed by atoms with van der Waals surface area (Å²) < 4.78 is 27.1. The van der Waals surface area contributed by atoms with E-state index in [0.717, 1.165) is 5.56 Å². The predicted octanol–water partition coefficient (Wildman–Crippen LogP) is 1.97. The van der Waals surface area contributed by atoms with Gasteiger partial charge < -0.3 is 9.64 Å². The molecule has 1 aromatic carbocycles. The minimum Gasteiger partial charge on any atom is -0.445 e. The van der Waals surface area contributed by atoms with Crippen molar-refractivity contribution >= 4 is 25.8 Å². The topological polar surface area (TPSA) is 63.7 Å². The third-order valence-electron chi connectivity index (χ3n) is 2.98. The molecule has 7 heteroatoms. The van der Waals surface area contributed by atoms with Crippen molar-refractivity contribution in [2.45, 2.75) is 19.1 Å². The highest BCUT2D eigenvalue weighted by Crippen LogP contribution is 2.21. The Hall–Kier alpha value is -1.27. The highest BCUT2D eigenvalue weighted by molar-refractivity contribution is 8.13. The molecule has 1 aliphatic rings. The van der Waals surface area contributed by atoms with Crippen LogP contribution in [0, 0.1) is 0 Å². The zero-order chi connectivity index (χ0) is 13.9. The van der Waals surface area contributed by atoms with E-state index in [0.29, 0.717) is 13.0 Å². The van der Waals surface area contributed by atoms with Gasteiger partial charge in [0.25, 0.3) is 0 Å². The van der Waals surface area contributed by atoms with Gasteiger partial charge in [-0.05, 0) is 12.0 Å². The summed E-state index contributed by atoms with van der Waals surface area (Å²) in [5, 5.41) is 0. The Morgan fingerprint density at radius 1 is 1.37 bits per heavy atom. The zero-order valence-electron chi connectivity index (χ0n) is 10.2. The third-order valence-corrected chi connectivity index (χ3v) is 4.14. The monoisotopic (exact) mass is 303 g/mol. The average Bonchev–Trinajstić information content (AvgIpc) is 2.33. The number of hydrogen-bond acceptors (Lipinski definition) is 4. The van der Waals surface area contributed by atoms with Crippen molar-refractivity contribution in [1.82, 2.24) is 4.90 Å². The molecule has 1 heterocycles. The summed E-state index contributed by atoms with van der Waals surface area (Å²) >= 11 is 0. The summed E-state index contributed by atoms with van der Waals surface area (Å²) in [6, 6.07) is 8.92. The van der Waals surface area contributed by atoms with Crippen LogP contribution in [0.1, 0.15) is 12.0 Å². The maximum absolute atomic E-state index is 11.8. The first kappa shape index (κ1) is 14.1. The lowest BCUT2D eigenvalue weighted by Crippen LogP contribution is -2.53. The Bertz CT molecular complexity index is 546. The van der Waals surface area contributed by atoms with Crippen LogP contribution in [0.4, 0.5) is 4.79 Å². The molecule has 19 heavy (non-hydrogen) atoms. The predicted molar refractivity (Wildman–Crippen MR) is 71.4 cm³/mol. The van der Waals surface area contributed by atoms with Gasteiger partial charge in [0.05, 0.1) is 11.8 Å². The maximum atomic E-state index is 11.8. The molecule has 1 aliphatic heterocycles. The lowest BCUT2D eigenvalue weighted by atomic mass is 10.1. The molecule has 1 saturated heterocycles. The number of hydrogen-bond donors (Lipinski definition) is 0. The number of rotatable bonds is 4. The van der Waals surface area contributed by atoms with Crippen LogP contribution in [0.3, 0.4) is 0 Å². The number of benzene rings is 1. The van der Waals surface area contributed by atoms with E-state index in [2.05, 4.69) is 0 Å². The summed E-state index contributed by atoms with van der Waals surface area (Å²) in [6.07, 6.45) is 0.132. The van der Waals surface area contributed by atoms with Crippen LogP contribution < -0.4 is 0 Å². The minimum atomic E-state index is -3.59. The van der Waals surface area contributed by atoms with Gasteiger partial charge in [0.1, 0.15) is 6.61 Å². The molecule has 1 amide bonds. The summed E-state index contributed by atoms with van der Waals surface area (Å²) in [4.78, 5) is 13.2. The maximum Gasteiger partial charge on any atom is 0.410 e. The molecule has 0 aromatic heterocycles. The van der Waals surface area contributed by atoms with Crippen molar-refractivity contribution in [2.24, 2.45) is 0 Å². The second kappa shape index (κ2) is 5.79. The van der Waals surface area contributed by atoms with Gasteiger partial charge in [-0.2, -0.15) is 0 Å². The first-order valence-corrected chi connectivity index (χ1v) is 8.33. The molecule has 0 aliphatic carbocycles. The Balaban J connectivity index is 1.84. The van der Waals surface area contributed by atoms with E-state index in [-0.39, 0.29) is 18.4 Å². The normalized spacial score (nSPS) is 18.8. The number of likely N-dealkylation sites (tertiary alicyclic amines) is 1. The van der Waals surface area contributed by atoms with E-state index in [1.807, 2.05) is 30.3 Å². The highest BCUT2D eigenvalue weighted by atomic mass is 35.7. The molecule has 0 saturated carbocycles. The second-order valence-electron chi connectivity index (χ2n) is 4.38. The number of amides is 1. The number of carbonyl (C=O) groups excluding carboxylic acids is 1. The third kappa shape index (κ3) is 4.11. The molecule has 0 N–H and O–H groups in total. The van der Waals surface area contributed by atoms with Crippen LogP contribution in [0.2, 0.25) is 0 Å². The van der Waals surface area contributed by atoms with E-state index >= 15 is 0 Å². The van der Waals surface area contributed by atoms with Gasteiger partial charge >= 0.3 is 6.09 Å². The van der Waals surface area contributed by atoms with E-state index in [1.54, 1.807) is 0 Å². The van der Waals surface area contributed by atoms with Crippen molar-refractivity contribution in [2.75, 3.05) is 12.3 Å². The fourth-order valence-electron chi connectivity index (χ4n) is 1.89. The Morgan fingerprint density at radius 3 is 2.58 bits per heavy atom. The van der Waals surface area contributed by atoms with E-state index in [1.165, 1.54) is 4.90 Å². The van der Waals surface area contributed by atoms with Crippen LogP contribution in [0.15, 0.2) is 30.3 Å². The van der Waals surface area contributed by atoms with Crippen molar-refractivity contribution in [3.05, 3.63) is 35.9 Å². The van der Waals surface area contributed by atoms with Crippen molar-refractivity contribution in [3.63, 3.8) is 0 Å². The van der Waals surface area contributed by atoms with Crippen LogP contribution in [-0.4, -0.2) is 37.8 Å². The van der Waals surface area contributed by atoms with Gasteiger partial charge in [-0.15, -0.1) is 0 Å². The Labute approximate surface area is 116 Å². The van der Waals surface area contributed by atoms with Crippen LogP contribution in [0.5, 0.6) is 0 Å². The van der Waals surface area contributed by atoms with Crippen molar-refractivity contribution < 1.29 is 17.9 Å². The smallest absolute Gasteiger partial charge is 0.410 e. The first-order chi connectivity index (χ1) is 8.96. The quantitative estimate of drug-likeness (QED) is 0.798. The zero-order valence-corrected chi connectivity index (χ0v) is 11.7. The fourth-order valence-corrected chi connectivity index (χ4v) is 3.13. The van der Waals surface area contributed by atoms with E-state index < -0.39 is 15.1 Å². The highest BCUT2D eigenvalue weighted by Gasteiger charge is 2.36. The average molecular weight is 304 g/mol. The molecular weight excluding hydrogens is 290 g/mol. The summed E-state index contributed by atoms with van der Waals surface area (Å²) in [7, 11) is 1.58. The van der Waals surface area contributed by atoms with Gasteiger partial charge in [0.15, 0.2) is 0 Å². The molecule has 1 atom stereocenters. The van der Waals surface area contributed by atoms with Gasteiger partial charge in [-0.3, -0.25) is 0 Å². The second-order valence-corrected chi connectivity index (χ2v) is 7.20. The molecule has 1 fully saturated rings. The first-order valence-electron chi connectivity index (χ1n) is 5.85. The SMILES string of the molecule is O=C(OCc1ccccc1)N1CCC1CS(=O)(=O)Cl. The molecule has 0 bridgehead atoms. The van der Waals surface area contributed by atoms with Gasteiger partial charge in [0.2, 0.25) is 9.05 Å². The van der Waals surface area contributed by atoms with Crippen molar-refractivity contribution in [3.8, 4) is 0 Å². The summed E-state index contributed by atoms with van der Waals surface area (Å²) in [5.74, 6) is -0.227. The summed E-state index contributed by atoms with van der Waals surface area (Å²) in [5.41, 5.74) is 0.887. The number of carbonyl (C=O) groups is 1. The summed E-state index contributed by atoms with van der Waals surface area (Å²) in [6.45, 7) is 0.682. The Morgan fingerprint density at radius 2 is 2.05 bits per heavy atom. The van der Waals surface area contributed by atoms with E-state index in [4.69, 9.17) is 15.4 Å². The molecule has 1 unspecified atom stereocenters. The number of halogens is 1. The van der Waals surface area contributed by atoms with Gasteiger partial charge in [-0.25, -0.2) is 13.2 Å². The molecule has 0 spiro atoms. The van der Waals surface area contributed by atoms with Crippen LogP contribution in [0.25, 0.3) is 0 Å². The van der Waals surface area contributed by atoms with Crippen LogP contribution >= 0.6 is 10.7 Å². The number of nitrogens with zero attached hydrogens (tertiary/aromatic N) is 1. The number of ether oxygens (including phenoxy) is 1. The molecule has 2 rings (SSSR count). The standard InChI is InChI=1S/C12H14ClNO4S/c13-19(16,17)9-11-6-7-14(11)12(15)18-8-10-4-2-1-3-5-10/h1-5,11H,6-9H2. The molecule has 0 radical (unpaired) electrons. The van der Waals surface area contributed by atoms with Crippen molar-refractivity contribution in [1.29, 1.82) is 0 Å². The fraction of sp³-hybridized carbons (Fsp3) is 0.417. The van der Waals surface area contributed by atoms with Gasteiger partial charge in [-0.1, -0.05) is 30.3 Å². The molecular formula is C12H14ClNO4S. The molecule has 5 nitrogen and oxygen atoms in total. The largest absolute Gasteiger partial charge is 0.445 e. The van der Waals surface area contributed by atoms with Crippen LogP contribution in [-0.2, 0) is 20.4 Å². The Kier molecular flexibility index (Phi) is 4.31. The van der Waals surface area contributed by atoms with Gasteiger partial charge in [0, 0.05) is 17.2 Å². The molecule has 104 valence electrons. The molecule has 1 aromatic rings. The van der Waals surface area contributed by atoms with E-state index in [9.17, 15) is 13.2 Å².